The molecular weight excluding hydrogens is 459 g/mol. The van der Waals surface area contributed by atoms with Crippen LogP contribution in [-0.2, 0) is 7.05 Å². The second-order valence-corrected chi connectivity index (χ2v) is 9.14. The maximum absolute atomic E-state index is 15.6. The van der Waals surface area contributed by atoms with Crippen molar-refractivity contribution in [2.45, 2.75) is 25.8 Å². The van der Waals surface area contributed by atoms with Gasteiger partial charge in [0, 0.05) is 43.6 Å². The number of pyridine rings is 2. The minimum Gasteiger partial charge on any atom is -0.347 e. The molecule has 1 amide bonds. The topological polar surface area (TPSA) is 93.8 Å². The summed E-state index contributed by atoms with van der Waals surface area (Å²) in [6.07, 6.45) is 7.08. The molecule has 4 aromatic heterocycles. The zero-order valence-electron chi connectivity index (χ0n) is 20.0. The van der Waals surface area contributed by atoms with E-state index in [1.807, 2.05) is 30.8 Å². The van der Waals surface area contributed by atoms with E-state index in [0.29, 0.717) is 29.2 Å². The zero-order chi connectivity index (χ0) is 24.8. The number of aryl methyl sites for hydroxylation is 2. The Morgan fingerprint density at radius 3 is 2.89 bits per heavy atom. The summed E-state index contributed by atoms with van der Waals surface area (Å²) in [7, 11) is 1.94. The second-order valence-electron chi connectivity index (χ2n) is 9.14. The average Bonchev–Trinajstić information content (AvgIpc) is 3.45. The quantitative estimate of drug-likeness (QED) is 0.419. The number of hydrogen-bond acceptors (Lipinski definition) is 6. The van der Waals surface area contributed by atoms with Crippen molar-refractivity contribution < 1.29 is 9.18 Å². The molecule has 1 saturated heterocycles. The van der Waals surface area contributed by atoms with Gasteiger partial charge < -0.3 is 9.88 Å². The summed E-state index contributed by atoms with van der Waals surface area (Å²) in [5.74, 6) is -0.522. The molecule has 1 atom stereocenters. The van der Waals surface area contributed by atoms with Crippen LogP contribution < -0.4 is 10.2 Å². The minimum atomic E-state index is -0.638. The van der Waals surface area contributed by atoms with Gasteiger partial charge >= 0.3 is 0 Å². The monoisotopic (exact) mass is 484 g/mol. The molecule has 182 valence electrons. The minimum absolute atomic E-state index is 0.0218. The molecule has 0 aliphatic carbocycles. The number of halogens is 1. The predicted octanol–water partition coefficient (Wildman–Crippen LogP) is 3.55. The van der Waals surface area contributed by atoms with Crippen LogP contribution in [0.2, 0.25) is 0 Å². The third-order valence-corrected chi connectivity index (χ3v) is 6.79. The molecule has 10 heteroatoms. The second kappa shape index (κ2) is 8.80. The Morgan fingerprint density at radius 1 is 1.19 bits per heavy atom. The molecule has 1 aliphatic heterocycles. The Labute approximate surface area is 206 Å². The van der Waals surface area contributed by atoms with E-state index in [9.17, 15) is 4.79 Å². The average molecular weight is 485 g/mol. The summed E-state index contributed by atoms with van der Waals surface area (Å²) in [4.78, 5) is 24.6. The van der Waals surface area contributed by atoms with Crippen LogP contribution >= 0.6 is 0 Å². The summed E-state index contributed by atoms with van der Waals surface area (Å²) in [6.45, 7) is 3.54. The number of carbonyl (C=O) groups is 1. The molecule has 0 radical (unpaired) electrons. The number of aromatic nitrogens is 6. The highest BCUT2D eigenvalue weighted by Gasteiger charge is 2.32. The molecule has 5 aromatic rings. The van der Waals surface area contributed by atoms with Gasteiger partial charge in [-0.25, -0.2) is 14.4 Å². The Balaban J connectivity index is 1.44. The molecule has 0 saturated carbocycles. The van der Waals surface area contributed by atoms with Crippen LogP contribution in [0.15, 0.2) is 55.0 Å². The summed E-state index contributed by atoms with van der Waals surface area (Å²) >= 11 is 0. The third-order valence-electron chi connectivity index (χ3n) is 6.79. The van der Waals surface area contributed by atoms with E-state index in [4.69, 9.17) is 0 Å². The van der Waals surface area contributed by atoms with E-state index >= 15 is 4.39 Å². The van der Waals surface area contributed by atoms with Crippen LogP contribution in [0.4, 0.5) is 10.2 Å². The van der Waals surface area contributed by atoms with E-state index in [0.717, 1.165) is 35.9 Å². The summed E-state index contributed by atoms with van der Waals surface area (Å²) < 4.78 is 19.0. The fourth-order valence-corrected chi connectivity index (χ4v) is 5.08. The van der Waals surface area contributed by atoms with Crippen LogP contribution in [0, 0.1) is 12.7 Å². The van der Waals surface area contributed by atoms with Crippen molar-refractivity contribution in [1.82, 2.24) is 34.8 Å². The Hall–Kier alpha value is -4.18. The van der Waals surface area contributed by atoms with Gasteiger partial charge in [-0.3, -0.25) is 9.69 Å². The maximum atomic E-state index is 15.6. The molecule has 1 aromatic carbocycles. The van der Waals surface area contributed by atoms with E-state index in [2.05, 4.69) is 25.6 Å². The standard InChI is InChI=1S/C26H25FN8O/c1-16-15-33(2)23-19(16)9-12-30-25(23)34(18-5-3-10-28-14-18)26(36)20-8-7-17(13-21(20)27)35-24-22(31-32-35)6-4-11-29-24/h4,6-9,11-13,15,18,28H,3,5,10,14H2,1-2H3/t18-/m1/s1. The van der Waals surface area contributed by atoms with Crippen molar-refractivity contribution in [2.75, 3.05) is 18.0 Å². The first-order valence-corrected chi connectivity index (χ1v) is 11.9. The Kier molecular flexibility index (Phi) is 5.45. The number of nitrogens with one attached hydrogen (secondary N) is 1. The molecule has 36 heavy (non-hydrogen) atoms. The fraction of sp³-hybridized carbons (Fsp3) is 0.269. The van der Waals surface area contributed by atoms with Crippen LogP contribution in [0.25, 0.3) is 27.8 Å². The predicted molar refractivity (Wildman–Crippen MR) is 135 cm³/mol. The van der Waals surface area contributed by atoms with Crippen LogP contribution in [0.3, 0.4) is 0 Å². The highest BCUT2D eigenvalue weighted by atomic mass is 19.1. The fourth-order valence-electron chi connectivity index (χ4n) is 5.08. The first-order chi connectivity index (χ1) is 17.5. The number of benzene rings is 1. The van der Waals surface area contributed by atoms with Crippen molar-refractivity contribution in [1.29, 1.82) is 0 Å². The molecule has 1 fully saturated rings. The number of rotatable bonds is 4. The smallest absolute Gasteiger partial charge is 0.262 e. The lowest BCUT2D eigenvalue weighted by atomic mass is 10.0. The molecule has 0 unspecified atom stereocenters. The highest BCUT2D eigenvalue weighted by molar-refractivity contribution is 6.10. The van der Waals surface area contributed by atoms with Crippen molar-refractivity contribution in [2.24, 2.45) is 7.05 Å². The number of hydrogen-bond donors (Lipinski definition) is 1. The number of carbonyl (C=O) groups excluding carboxylic acids is 1. The number of amides is 1. The number of fused-ring (bicyclic) bond motifs is 2. The van der Waals surface area contributed by atoms with Gasteiger partial charge in [0.1, 0.15) is 11.3 Å². The summed E-state index contributed by atoms with van der Waals surface area (Å²) in [5.41, 5.74) is 3.48. The normalized spacial score (nSPS) is 16.0. The molecule has 0 bridgehead atoms. The number of anilines is 1. The van der Waals surface area contributed by atoms with Crippen molar-refractivity contribution in [3.05, 3.63) is 71.9 Å². The van der Waals surface area contributed by atoms with Gasteiger partial charge in [0.15, 0.2) is 11.5 Å². The van der Waals surface area contributed by atoms with Crippen LogP contribution in [0.1, 0.15) is 28.8 Å². The van der Waals surface area contributed by atoms with E-state index in [-0.39, 0.29) is 11.6 Å². The molecule has 6 rings (SSSR count). The zero-order valence-corrected chi connectivity index (χ0v) is 20.0. The van der Waals surface area contributed by atoms with Gasteiger partial charge in [-0.05, 0) is 62.2 Å². The first-order valence-electron chi connectivity index (χ1n) is 11.9. The first kappa shape index (κ1) is 22.3. The van der Waals surface area contributed by atoms with Gasteiger partial charge in [0.05, 0.1) is 22.8 Å². The molecule has 1 aliphatic rings. The largest absolute Gasteiger partial charge is 0.347 e. The molecular formula is C26H25FN8O. The number of piperidine rings is 1. The molecule has 5 heterocycles. The van der Waals surface area contributed by atoms with Gasteiger partial charge in [-0.1, -0.05) is 5.21 Å². The van der Waals surface area contributed by atoms with E-state index < -0.39 is 11.7 Å². The van der Waals surface area contributed by atoms with E-state index in [1.165, 1.54) is 16.8 Å². The molecule has 1 N–H and O–H groups in total. The lowest BCUT2D eigenvalue weighted by Gasteiger charge is -2.34. The van der Waals surface area contributed by atoms with Crippen molar-refractivity contribution >= 4 is 33.8 Å². The summed E-state index contributed by atoms with van der Waals surface area (Å²) in [5, 5.41) is 12.6. The molecule has 9 nitrogen and oxygen atoms in total. The van der Waals surface area contributed by atoms with Crippen molar-refractivity contribution in [3.8, 4) is 5.69 Å². The van der Waals surface area contributed by atoms with Gasteiger partial charge in [-0.2, -0.15) is 4.68 Å². The Morgan fingerprint density at radius 2 is 2.08 bits per heavy atom. The SMILES string of the molecule is Cc1cn(C)c2c(N(C(=O)c3ccc(-n4nnc5cccnc54)cc3F)[C@@H]3CCCNC3)nccc12. The van der Waals surface area contributed by atoms with Gasteiger partial charge in [0.25, 0.3) is 5.91 Å². The maximum Gasteiger partial charge on any atom is 0.262 e. The Bertz CT molecular complexity index is 1600. The lowest BCUT2D eigenvalue weighted by Crippen LogP contribution is -2.49. The van der Waals surface area contributed by atoms with Crippen LogP contribution in [0.5, 0.6) is 0 Å². The van der Waals surface area contributed by atoms with E-state index in [1.54, 1.807) is 35.5 Å². The number of nitrogens with zero attached hydrogens (tertiary/aromatic N) is 7. The summed E-state index contributed by atoms with van der Waals surface area (Å²) in [6, 6.07) is 9.81. The van der Waals surface area contributed by atoms with Gasteiger partial charge in [0.2, 0.25) is 0 Å². The van der Waals surface area contributed by atoms with Gasteiger partial charge in [-0.15, -0.1) is 5.10 Å². The highest BCUT2D eigenvalue weighted by Crippen LogP contribution is 2.32. The third kappa shape index (κ3) is 3.61. The van der Waals surface area contributed by atoms with Crippen LogP contribution in [-0.4, -0.2) is 54.6 Å². The van der Waals surface area contributed by atoms with Crippen molar-refractivity contribution in [3.63, 3.8) is 0 Å². The molecule has 0 spiro atoms. The lowest BCUT2D eigenvalue weighted by molar-refractivity contribution is 0.0968.